The Morgan fingerprint density at radius 2 is 1.92 bits per heavy atom. The van der Waals surface area contributed by atoms with Gasteiger partial charge in [0.1, 0.15) is 5.82 Å². The first-order valence-electron chi connectivity index (χ1n) is 8.03. The Balaban J connectivity index is 1.59. The lowest BCUT2D eigenvalue weighted by Gasteiger charge is -2.18. The Kier molecular flexibility index (Phi) is 5.80. The summed E-state index contributed by atoms with van der Waals surface area (Å²) < 4.78 is 18.2. The number of carbonyl (C=O) groups is 2. The molecule has 2 amide bonds. The van der Waals surface area contributed by atoms with Crippen LogP contribution in [0, 0.1) is 5.82 Å². The minimum atomic E-state index is -0.365. The molecule has 2 heterocycles. The molecule has 1 unspecified atom stereocenters. The van der Waals surface area contributed by atoms with Crippen LogP contribution >= 0.6 is 11.3 Å². The molecule has 0 saturated carbocycles. The molecule has 134 valence electrons. The van der Waals surface area contributed by atoms with Crippen LogP contribution < -0.4 is 10.6 Å². The van der Waals surface area contributed by atoms with Gasteiger partial charge in [-0.3, -0.25) is 9.59 Å². The van der Waals surface area contributed by atoms with Gasteiger partial charge in [-0.1, -0.05) is 18.2 Å². The number of benzene rings is 1. The standard InChI is InChI=1S/C19H17FN2O3S/c20-14-7-5-13(6-8-14)18(16-4-2-12-26-16)22-17(23)9-10-21-19(24)15-3-1-11-25-15/h1-8,11-12,18H,9-10H2,(H,21,24)(H,22,23). The molecule has 0 aliphatic heterocycles. The Bertz CT molecular complexity index is 846. The first-order chi connectivity index (χ1) is 12.6. The van der Waals surface area contributed by atoms with Crippen LogP contribution in [0.1, 0.15) is 33.5 Å². The van der Waals surface area contributed by atoms with E-state index in [0.717, 1.165) is 10.4 Å². The summed E-state index contributed by atoms with van der Waals surface area (Å²) in [6, 6.07) is 12.7. The fourth-order valence-corrected chi connectivity index (χ4v) is 3.25. The largest absolute Gasteiger partial charge is 0.459 e. The van der Waals surface area contributed by atoms with Crippen molar-refractivity contribution in [3.63, 3.8) is 0 Å². The number of carbonyl (C=O) groups excluding carboxylic acids is 2. The van der Waals surface area contributed by atoms with Gasteiger partial charge in [-0.15, -0.1) is 11.3 Å². The van der Waals surface area contributed by atoms with Crippen LogP contribution in [0.25, 0.3) is 0 Å². The zero-order valence-corrected chi connectivity index (χ0v) is 14.6. The van der Waals surface area contributed by atoms with E-state index in [1.54, 1.807) is 24.3 Å². The Labute approximate surface area is 153 Å². The van der Waals surface area contributed by atoms with Gasteiger partial charge in [0.15, 0.2) is 5.76 Å². The maximum absolute atomic E-state index is 13.2. The lowest BCUT2D eigenvalue weighted by molar-refractivity contribution is -0.121. The summed E-state index contributed by atoms with van der Waals surface area (Å²) in [7, 11) is 0. The highest BCUT2D eigenvalue weighted by Crippen LogP contribution is 2.26. The second kappa shape index (κ2) is 8.44. The third kappa shape index (κ3) is 4.58. The molecular weight excluding hydrogens is 355 g/mol. The Morgan fingerprint density at radius 3 is 2.58 bits per heavy atom. The predicted octanol–water partition coefficient (Wildman–Crippen LogP) is 3.51. The quantitative estimate of drug-likeness (QED) is 0.667. The van der Waals surface area contributed by atoms with E-state index in [9.17, 15) is 14.0 Å². The van der Waals surface area contributed by atoms with Gasteiger partial charge < -0.3 is 15.1 Å². The topological polar surface area (TPSA) is 71.3 Å². The minimum Gasteiger partial charge on any atom is -0.459 e. The third-order valence-electron chi connectivity index (χ3n) is 3.72. The lowest BCUT2D eigenvalue weighted by Crippen LogP contribution is -2.33. The van der Waals surface area contributed by atoms with Crippen molar-refractivity contribution in [1.29, 1.82) is 0 Å². The van der Waals surface area contributed by atoms with Gasteiger partial charge in [-0.25, -0.2) is 4.39 Å². The highest BCUT2D eigenvalue weighted by molar-refractivity contribution is 7.10. The van der Waals surface area contributed by atoms with Crippen molar-refractivity contribution in [2.75, 3.05) is 6.54 Å². The summed E-state index contributed by atoms with van der Waals surface area (Å²) >= 11 is 1.51. The van der Waals surface area contributed by atoms with Gasteiger partial charge in [-0.2, -0.15) is 0 Å². The predicted molar refractivity (Wildman–Crippen MR) is 96.4 cm³/mol. The average molecular weight is 372 g/mol. The average Bonchev–Trinajstić information content (AvgIpc) is 3.34. The second-order valence-corrected chi connectivity index (χ2v) is 6.53. The van der Waals surface area contributed by atoms with E-state index >= 15 is 0 Å². The van der Waals surface area contributed by atoms with Crippen molar-refractivity contribution in [2.45, 2.75) is 12.5 Å². The first-order valence-corrected chi connectivity index (χ1v) is 8.91. The molecule has 5 nitrogen and oxygen atoms in total. The first kappa shape index (κ1) is 17.9. The molecule has 1 aromatic carbocycles. The van der Waals surface area contributed by atoms with E-state index in [-0.39, 0.29) is 42.4 Å². The molecule has 0 spiro atoms. The monoisotopic (exact) mass is 372 g/mol. The van der Waals surface area contributed by atoms with E-state index in [2.05, 4.69) is 10.6 Å². The molecular formula is C19H17FN2O3S. The Morgan fingerprint density at radius 1 is 1.12 bits per heavy atom. The lowest BCUT2D eigenvalue weighted by atomic mass is 10.1. The molecule has 7 heteroatoms. The van der Waals surface area contributed by atoms with Gasteiger partial charge in [0, 0.05) is 17.8 Å². The van der Waals surface area contributed by atoms with Crippen molar-refractivity contribution in [2.24, 2.45) is 0 Å². The summed E-state index contributed by atoms with van der Waals surface area (Å²) in [4.78, 5) is 25.0. The number of hydrogen-bond donors (Lipinski definition) is 2. The number of nitrogens with one attached hydrogen (secondary N) is 2. The van der Waals surface area contributed by atoms with Crippen molar-refractivity contribution in [1.82, 2.24) is 10.6 Å². The molecule has 1 atom stereocenters. The summed E-state index contributed by atoms with van der Waals surface area (Å²) in [5, 5.41) is 7.49. The molecule has 0 aliphatic rings. The van der Waals surface area contributed by atoms with Crippen molar-refractivity contribution in [3.8, 4) is 0 Å². The van der Waals surface area contributed by atoms with Crippen LogP contribution in [0.4, 0.5) is 4.39 Å². The fourth-order valence-electron chi connectivity index (χ4n) is 2.45. The molecule has 2 N–H and O–H groups in total. The Hall–Kier alpha value is -2.93. The van der Waals surface area contributed by atoms with Crippen molar-refractivity contribution in [3.05, 3.63) is 82.2 Å². The van der Waals surface area contributed by atoms with Gasteiger partial charge in [-0.05, 0) is 41.3 Å². The summed E-state index contributed by atoms with van der Waals surface area (Å²) in [5.74, 6) is -0.706. The van der Waals surface area contributed by atoms with Crippen molar-refractivity contribution < 1.29 is 18.4 Å². The van der Waals surface area contributed by atoms with E-state index in [4.69, 9.17) is 4.42 Å². The minimum absolute atomic E-state index is 0.121. The second-order valence-electron chi connectivity index (χ2n) is 5.55. The molecule has 0 fully saturated rings. The SMILES string of the molecule is O=C(CCNC(=O)c1ccco1)NC(c1ccc(F)cc1)c1cccs1. The third-order valence-corrected chi connectivity index (χ3v) is 4.66. The molecule has 3 aromatic rings. The zero-order chi connectivity index (χ0) is 18.4. The van der Waals surface area contributed by atoms with E-state index < -0.39 is 0 Å². The molecule has 0 saturated heterocycles. The molecule has 0 radical (unpaired) electrons. The highest BCUT2D eigenvalue weighted by Gasteiger charge is 2.18. The van der Waals surface area contributed by atoms with E-state index in [1.807, 2.05) is 17.5 Å². The van der Waals surface area contributed by atoms with Gasteiger partial charge in [0.25, 0.3) is 5.91 Å². The van der Waals surface area contributed by atoms with Crippen LogP contribution in [0.2, 0.25) is 0 Å². The van der Waals surface area contributed by atoms with Crippen LogP contribution in [0.3, 0.4) is 0 Å². The molecule has 3 rings (SSSR count). The van der Waals surface area contributed by atoms with Crippen LogP contribution in [-0.4, -0.2) is 18.4 Å². The maximum atomic E-state index is 13.2. The number of rotatable bonds is 7. The summed E-state index contributed by atoms with van der Waals surface area (Å²) in [6.07, 6.45) is 1.53. The van der Waals surface area contributed by atoms with Gasteiger partial charge in [0.05, 0.1) is 12.3 Å². The summed E-state index contributed by atoms with van der Waals surface area (Å²) in [5.41, 5.74) is 0.793. The number of hydrogen-bond acceptors (Lipinski definition) is 4. The fraction of sp³-hybridized carbons (Fsp3) is 0.158. The number of amides is 2. The van der Waals surface area contributed by atoms with E-state index in [0.29, 0.717) is 0 Å². The number of halogens is 1. The smallest absolute Gasteiger partial charge is 0.286 e. The molecule has 0 bridgehead atoms. The molecule has 0 aliphatic carbocycles. The van der Waals surface area contributed by atoms with Crippen LogP contribution in [0.5, 0.6) is 0 Å². The van der Waals surface area contributed by atoms with Gasteiger partial charge >= 0.3 is 0 Å². The highest BCUT2D eigenvalue weighted by atomic mass is 32.1. The van der Waals surface area contributed by atoms with Crippen molar-refractivity contribution >= 4 is 23.2 Å². The zero-order valence-electron chi connectivity index (χ0n) is 13.8. The number of furan rings is 1. The molecule has 26 heavy (non-hydrogen) atoms. The van der Waals surface area contributed by atoms with Crippen LogP contribution in [-0.2, 0) is 4.79 Å². The van der Waals surface area contributed by atoms with Crippen LogP contribution in [0.15, 0.2) is 64.6 Å². The summed E-state index contributed by atoms with van der Waals surface area (Å²) in [6.45, 7) is 0.186. The maximum Gasteiger partial charge on any atom is 0.286 e. The van der Waals surface area contributed by atoms with E-state index in [1.165, 1.54) is 29.7 Å². The van der Waals surface area contributed by atoms with Gasteiger partial charge in [0.2, 0.25) is 5.91 Å². The number of thiophene rings is 1. The molecule has 2 aromatic heterocycles. The normalized spacial score (nSPS) is 11.7.